The molecule has 3 nitrogen and oxygen atoms in total. The van der Waals surface area contributed by atoms with Gasteiger partial charge in [0.15, 0.2) is 0 Å². The first-order valence-electron chi connectivity index (χ1n) is 4.67. The van der Waals surface area contributed by atoms with Gasteiger partial charge in [0.2, 0.25) is 0 Å². The van der Waals surface area contributed by atoms with Crippen molar-refractivity contribution < 1.29 is 4.74 Å². The average molecular weight is 194 g/mol. The third-order valence-corrected chi connectivity index (χ3v) is 2.39. The molecule has 1 aromatic rings. The van der Waals surface area contributed by atoms with Crippen molar-refractivity contribution >= 4 is 5.69 Å². The van der Waals surface area contributed by atoms with Crippen LogP contribution in [0.25, 0.3) is 0 Å². The van der Waals surface area contributed by atoms with E-state index >= 15 is 0 Å². The highest BCUT2D eigenvalue weighted by Crippen LogP contribution is 2.21. The average Bonchev–Trinajstić information content (AvgIpc) is 2.13. The number of methoxy groups -OCH3 is 1. The van der Waals surface area contributed by atoms with Crippen molar-refractivity contribution in [1.82, 2.24) is 0 Å². The van der Waals surface area contributed by atoms with Crippen LogP contribution in [0, 0.1) is 13.8 Å². The van der Waals surface area contributed by atoms with Crippen LogP contribution in [-0.2, 0) is 4.74 Å². The van der Waals surface area contributed by atoms with Crippen LogP contribution in [-0.4, -0.2) is 13.7 Å². The Morgan fingerprint density at radius 3 is 2.21 bits per heavy atom. The van der Waals surface area contributed by atoms with E-state index in [1.54, 1.807) is 7.11 Å². The quantitative estimate of drug-likeness (QED) is 0.717. The molecule has 0 saturated heterocycles. The highest BCUT2D eigenvalue weighted by Gasteiger charge is 2.08. The van der Waals surface area contributed by atoms with Crippen LogP contribution in [0.1, 0.15) is 22.7 Å². The van der Waals surface area contributed by atoms with Gasteiger partial charge in [-0.2, -0.15) is 0 Å². The van der Waals surface area contributed by atoms with Crippen molar-refractivity contribution in [3.8, 4) is 0 Å². The molecular formula is C11H18N2O. The summed E-state index contributed by atoms with van der Waals surface area (Å²) in [6.45, 7) is 4.51. The number of benzene rings is 1. The predicted molar refractivity (Wildman–Crippen MR) is 59.1 cm³/mol. The minimum absolute atomic E-state index is 0.0713. The Morgan fingerprint density at radius 1 is 1.29 bits per heavy atom. The summed E-state index contributed by atoms with van der Waals surface area (Å²) in [5.41, 5.74) is 15.9. The minimum atomic E-state index is -0.0713. The van der Waals surface area contributed by atoms with Crippen molar-refractivity contribution in [3.63, 3.8) is 0 Å². The number of nitrogen functional groups attached to an aromatic ring is 1. The lowest BCUT2D eigenvalue weighted by Gasteiger charge is -2.14. The van der Waals surface area contributed by atoms with Crippen LogP contribution in [0.3, 0.4) is 0 Å². The van der Waals surface area contributed by atoms with Crippen molar-refractivity contribution in [2.75, 3.05) is 19.5 Å². The lowest BCUT2D eigenvalue weighted by molar-refractivity contribution is 0.181. The molecule has 14 heavy (non-hydrogen) atoms. The summed E-state index contributed by atoms with van der Waals surface area (Å²) in [6.07, 6.45) is 0. The molecule has 0 aliphatic rings. The van der Waals surface area contributed by atoms with E-state index in [1.807, 2.05) is 26.0 Å². The topological polar surface area (TPSA) is 61.3 Å². The van der Waals surface area contributed by atoms with E-state index in [1.165, 1.54) is 0 Å². The van der Waals surface area contributed by atoms with E-state index < -0.39 is 0 Å². The van der Waals surface area contributed by atoms with Crippen LogP contribution >= 0.6 is 0 Å². The standard InChI is InChI=1S/C11H18N2O/c1-7-4-9(10(12)6-14-3)5-8(2)11(7)13/h4-5,10H,6,12-13H2,1-3H3/t10-/m1/s1. The lowest BCUT2D eigenvalue weighted by atomic mass is 10.0. The minimum Gasteiger partial charge on any atom is -0.398 e. The first-order valence-corrected chi connectivity index (χ1v) is 4.67. The monoisotopic (exact) mass is 194 g/mol. The summed E-state index contributed by atoms with van der Waals surface area (Å²) >= 11 is 0. The van der Waals surface area contributed by atoms with Gasteiger partial charge in [0, 0.05) is 12.8 Å². The summed E-state index contributed by atoms with van der Waals surface area (Å²) < 4.78 is 5.01. The van der Waals surface area contributed by atoms with Gasteiger partial charge in [-0.1, -0.05) is 12.1 Å². The summed E-state index contributed by atoms with van der Waals surface area (Å²) in [5.74, 6) is 0. The van der Waals surface area contributed by atoms with Gasteiger partial charge in [-0.15, -0.1) is 0 Å². The summed E-state index contributed by atoms with van der Waals surface area (Å²) in [4.78, 5) is 0. The molecule has 0 amide bonds. The zero-order valence-electron chi connectivity index (χ0n) is 9.00. The summed E-state index contributed by atoms with van der Waals surface area (Å²) in [5, 5.41) is 0. The number of rotatable bonds is 3. The van der Waals surface area contributed by atoms with Crippen molar-refractivity contribution in [2.45, 2.75) is 19.9 Å². The van der Waals surface area contributed by atoms with Gasteiger partial charge in [-0.05, 0) is 30.5 Å². The first-order chi connectivity index (χ1) is 6.56. The van der Waals surface area contributed by atoms with E-state index in [0.29, 0.717) is 6.61 Å². The maximum atomic E-state index is 5.93. The third kappa shape index (κ3) is 2.25. The molecule has 1 aromatic carbocycles. The molecule has 0 aromatic heterocycles. The Balaban J connectivity index is 3.00. The Labute approximate surface area is 85.0 Å². The molecule has 1 atom stereocenters. The summed E-state index contributed by atoms with van der Waals surface area (Å²) in [6, 6.07) is 3.97. The van der Waals surface area contributed by atoms with Gasteiger partial charge in [-0.25, -0.2) is 0 Å². The molecule has 4 N–H and O–H groups in total. The maximum Gasteiger partial charge on any atom is 0.0655 e. The van der Waals surface area contributed by atoms with E-state index in [4.69, 9.17) is 16.2 Å². The van der Waals surface area contributed by atoms with Gasteiger partial charge in [-0.3, -0.25) is 0 Å². The number of aryl methyl sites for hydroxylation is 2. The fourth-order valence-corrected chi connectivity index (χ4v) is 1.50. The summed E-state index contributed by atoms with van der Waals surface area (Å²) in [7, 11) is 1.65. The number of hydrogen-bond acceptors (Lipinski definition) is 3. The SMILES string of the molecule is COC[C@@H](N)c1cc(C)c(N)c(C)c1. The Kier molecular flexibility index (Phi) is 3.49. The van der Waals surface area contributed by atoms with Gasteiger partial charge in [0.1, 0.15) is 0 Å². The highest BCUT2D eigenvalue weighted by atomic mass is 16.5. The van der Waals surface area contributed by atoms with Gasteiger partial charge in [0.05, 0.1) is 12.6 Å². The Hall–Kier alpha value is -1.06. The van der Waals surface area contributed by atoms with Crippen molar-refractivity contribution in [1.29, 1.82) is 0 Å². The molecule has 3 heteroatoms. The van der Waals surface area contributed by atoms with Gasteiger partial charge < -0.3 is 16.2 Å². The largest absolute Gasteiger partial charge is 0.398 e. The van der Waals surface area contributed by atoms with Crippen molar-refractivity contribution in [2.24, 2.45) is 5.73 Å². The predicted octanol–water partition coefficient (Wildman–Crippen LogP) is 1.53. The maximum absolute atomic E-state index is 5.93. The van der Waals surface area contributed by atoms with Crippen LogP contribution < -0.4 is 11.5 Å². The van der Waals surface area contributed by atoms with E-state index in [2.05, 4.69) is 0 Å². The number of ether oxygens (including phenoxy) is 1. The van der Waals surface area contributed by atoms with Crippen LogP contribution in [0.4, 0.5) is 5.69 Å². The molecule has 0 heterocycles. The molecule has 0 fully saturated rings. The second-order valence-electron chi connectivity index (χ2n) is 3.63. The van der Waals surface area contributed by atoms with Crippen LogP contribution in [0.15, 0.2) is 12.1 Å². The second kappa shape index (κ2) is 4.44. The molecule has 78 valence electrons. The van der Waals surface area contributed by atoms with Gasteiger partial charge >= 0.3 is 0 Å². The normalized spacial score (nSPS) is 12.9. The smallest absolute Gasteiger partial charge is 0.0655 e. The molecule has 0 unspecified atom stereocenters. The number of hydrogen-bond donors (Lipinski definition) is 2. The highest BCUT2D eigenvalue weighted by molar-refractivity contribution is 5.54. The van der Waals surface area contributed by atoms with Crippen molar-refractivity contribution in [3.05, 3.63) is 28.8 Å². The first kappa shape index (κ1) is 11.0. The molecule has 0 saturated carbocycles. The molecule has 0 bridgehead atoms. The lowest BCUT2D eigenvalue weighted by Crippen LogP contribution is -2.16. The molecule has 0 radical (unpaired) electrons. The zero-order valence-corrected chi connectivity index (χ0v) is 9.00. The fraction of sp³-hybridized carbons (Fsp3) is 0.455. The Bertz CT molecular complexity index is 300. The number of anilines is 1. The second-order valence-corrected chi connectivity index (χ2v) is 3.63. The van der Waals surface area contributed by atoms with Crippen LogP contribution in [0.2, 0.25) is 0 Å². The molecule has 1 rings (SSSR count). The number of nitrogens with two attached hydrogens (primary N) is 2. The zero-order chi connectivity index (χ0) is 10.7. The van der Waals surface area contributed by atoms with E-state index in [-0.39, 0.29) is 6.04 Å². The molecule has 0 spiro atoms. The Morgan fingerprint density at radius 2 is 1.79 bits per heavy atom. The third-order valence-electron chi connectivity index (χ3n) is 2.39. The molecule has 0 aliphatic heterocycles. The fourth-order valence-electron chi connectivity index (χ4n) is 1.50. The van der Waals surface area contributed by atoms with E-state index in [0.717, 1.165) is 22.4 Å². The van der Waals surface area contributed by atoms with Crippen LogP contribution in [0.5, 0.6) is 0 Å². The molecule has 0 aliphatic carbocycles. The molecular weight excluding hydrogens is 176 g/mol. The van der Waals surface area contributed by atoms with Gasteiger partial charge in [0.25, 0.3) is 0 Å². The van der Waals surface area contributed by atoms with E-state index in [9.17, 15) is 0 Å².